The van der Waals surface area contributed by atoms with Crippen molar-refractivity contribution in [3.05, 3.63) is 47.1 Å². The lowest BCUT2D eigenvalue weighted by Crippen LogP contribution is -2.37. The number of pyridine rings is 1. The summed E-state index contributed by atoms with van der Waals surface area (Å²) >= 11 is 0. The highest BCUT2D eigenvalue weighted by Gasteiger charge is 2.31. The van der Waals surface area contributed by atoms with Gasteiger partial charge in [-0.15, -0.1) is 0 Å². The number of rotatable bonds is 0. The molecule has 1 unspecified atom stereocenters. The monoisotopic (exact) mass is 281 g/mol. The van der Waals surface area contributed by atoms with Gasteiger partial charge in [-0.05, 0) is 37.8 Å². The van der Waals surface area contributed by atoms with E-state index in [0.717, 1.165) is 41.8 Å². The van der Waals surface area contributed by atoms with E-state index in [0.29, 0.717) is 0 Å². The highest BCUT2D eigenvalue weighted by Crippen LogP contribution is 2.35. The first-order valence-electron chi connectivity index (χ1n) is 7.74. The number of aliphatic hydroxyl groups excluding tert-OH is 1. The van der Waals surface area contributed by atoms with Gasteiger partial charge in [-0.3, -0.25) is 4.98 Å². The minimum Gasteiger partial charge on any atom is -0.368 e. The van der Waals surface area contributed by atoms with Crippen LogP contribution in [0.3, 0.4) is 0 Å². The second-order valence-electron chi connectivity index (χ2n) is 5.86. The Bertz CT molecular complexity index is 660. The first-order chi connectivity index (χ1) is 10.3. The molecule has 1 atom stereocenters. The van der Waals surface area contributed by atoms with Crippen LogP contribution in [0.2, 0.25) is 0 Å². The molecule has 0 aromatic carbocycles. The van der Waals surface area contributed by atoms with Gasteiger partial charge >= 0.3 is 0 Å². The minimum absolute atomic E-state index is 0.683. The summed E-state index contributed by atoms with van der Waals surface area (Å²) in [6.45, 7) is 0. The number of aromatic nitrogens is 1. The van der Waals surface area contributed by atoms with Crippen LogP contribution in [-0.4, -0.2) is 27.1 Å². The Labute approximate surface area is 124 Å². The van der Waals surface area contributed by atoms with Crippen LogP contribution in [0.25, 0.3) is 6.08 Å². The molecule has 0 saturated carbocycles. The molecule has 0 saturated heterocycles. The molecule has 1 aromatic heterocycles. The van der Waals surface area contributed by atoms with Crippen LogP contribution in [0.5, 0.6) is 0 Å². The normalized spacial score (nSPS) is 24.5. The van der Waals surface area contributed by atoms with Crippen molar-refractivity contribution >= 4 is 11.9 Å². The van der Waals surface area contributed by atoms with Gasteiger partial charge in [0.2, 0.25) is 0 Å². The molecule has 0 amide bonds. The van der Waals surface area contributed by atoms with Crippen LogP contribution in [0.15, 0.2) is 40.9 Å². The summed E-state index contributed by atoms with van der Waals surface area (Å²) in [6, 6.07) is 1.98. The predicted molar refractivity (Wildman–Crippen MR) is 82.4 cm³/mol. The smallest absolute Gasteiger partial charge is 0.171 e. The van der Waals surface area contributed by atoms with E-state index in [1.54, 1.807) is 6.20 Å². The molecule has 0 fully saturated rings. The standard InChI is InChI=1S/C17H19N3O/c21-17-14-5-3-1-2-4-6-15(14)20-10-8-12-11-18-9-7-13(12)16(20)19-17/h7-11,17,21H,1-6H2. The van der Waals surface area contributed by atoms with Crippen molar-refractivity contribution in [3.63, 3.8) is 0 Å². The Morgan fingerprint density at radius 3 is 2.90 bits per heavy atom. The fourth-order valence-corrected chi connectivity index (χ4v) is 3.46. The number of aliphatic hydroxyl groups is 1. The van der Waals surface area contributed by atoms with Crippen molar-refractivity contribution in [2.24, 2.45) is 4.99 Å². The molecule has 21 heavy (non-hydrogen) atoms. The Morgan fingerprint density at radius 1 is 1.14 bits per heavy atom. The highest BCUT2D eigenvalue weighted by atomic mass is 16.3. The molecule has 2 aliphatic heterocycles. The topological polar surface area (TPSA) is 48.7 Å². The van der Waals surface area contributed by atoms with Crippen LogP contribution < -0.4 is 0 Å². The molecule has 4 rings (SSSR count). The summed E-state index contributed by atoms with van der Waals surface area (Å²) in [5.41, 5.74) is 4.49. The number of allylic oxidation sites excluding steroid dienone is 1. The third-order valence-corrected chi connectivity index (χ3v) is 4.55. The lowest BCUT2D eigenvalue weighted by Gasteiger charge is -2.36. The van der Waals surface area contributed by atoms with Gasteiger partial charge < -0.3 is 10.0 Å². The number of aliphatic imine (C=N–C) groups is 1. The lowest BCUT2D eigenvalue weighted by molar-refractivity contribution is 0.204. The maximum absolute atomic E-state index is 10.5. The van der Waals surface area contributed by atoms with E-state index in [9.17, 15) is 5.11 Å². The summed E-state index contributed by atoms with van der Waals surface area (Å²) in [5, 5.41) is 10.5. The van der Waals surface area contributed by atoms with Crippen molar-refractivity contribution < 1.29 is 5.11 Å². The third-order valence-electron chi connectivity index (χ3n) is 4.55. The summed E-state index contributed by atoms with van der Waals surface area (Å²) in [5.74, 6) is 0.863. The zero-order chi connectivity index (χ0) is 14.2. The predicted octanol–water partition coefficient (Wildman–Crippen LogP) is 3.05. The van der Waals surface area contributed by atoms with Crippen LogP contribution in [0.4, 0.5) is 0 Å². The van der Waals surface area contributed by atoms with Crippen LogP contribution in [0.1, 0.15) is 49.7 Å². The quantitative estimate of drug-likeness (QED) is 0.795. The van der Waals surface area contributed by atoms with Crippen molar-refractivity contribution in [1.82, 2.24) is 9.88 Å². The molecule has 0 radical (unpaired) electrons. The molecule has 3 aliphatic rings. The number of amidine groups is 1. The Morgan fingerprint density at radius 2 is 2.00 bits per heavy atom. The first-order valence-corrected chi connectivity index (χ1v) is 7.74. The Balaban J connectivity index is 1.81. The number of hydrogen-bond donors (Lipinski definition) is 1. The van der Waals surface area contributed by atoms with Gasteiger partial charge in [0.05, 0.1) is 0 Å². The minimum atomic E-state index is -0.683. The molecule has 3 heterocycles. The molecular formula is C17H19N3O. The zero-order valence-corrected chi connectivity index (χ0v) is 12.0. The molecule has 108 valence electrons. The fourth-order valence-electron chi connectivity index (χ4n) is 3.46. The van der Waals surface area contributed by atoms with Crippen LogP contribution in [-0.2, 0) is 0 Å². The summed E-state index contributed by atoms with van der Waals surface area (Å²) in [7, 11) is 0. The van der Waals surface area contributed by atoms with Crippen molar-refractivity contribution in [2.45, 2.75) is 44.8 Å². The summed E-state index contributed by atoms with van der Waals surface area (Å²) in [6.07, 6.45) is 14.0. The van der Waals surface area contributed by atoms with Crippen molar-refractivity contribution in [2.75, 3.05) is 0 Å². The van der Waals surface area contributed by atoms with Gasteiger partial charge in [-0.2, -0.15) is 0 Å². The molecule has 1 aromatic rings. The molecule has 4 heteroatoms. The average Bonchev–Trinajstić information content (AvgIpc) is 2.47. The second kappa shape index (κ2) is 5.11. The van der Waals surface area contributed by atoms with Gasteiger partial charge in [0.1, 0.15) is 5.84 Å². The molecular weight excluding hydrogens is 262 g/mol. The van der Waals surface area contributed by atoms with Crippen LogP contribution >= 0.6 is 0 Å². The third kappa shape index (κ3) is 2.10. The van der Waals surface area contributed by atoms with Gasteiger partial charge in [0.25, 0.3) is 0 Å². The van der Waals surface area contributed by atoms with E-state index in [1.165, 1.54) is 25.0 Å². The highest BCUT2D eigenvalue weighted by molar-refractivity contribution is 6.06. The Hall–Kier alpha value is -1.94. The molecule has 1 aliphatic carbocycles. The Kier molecular flexibility index (Phi) is 3.11. The molecule has 1 N–H and O–H groups in total. The van der Waals surface area contributed by atoms with Gasteiger partial charge in [0.15, 0.2) is 6.23 Å². The van der Waals surface area contributed by atoms with E-state index in [2.05, 4.69) is 27.2 Å². The molecule has 4 nitrogen and oxygen atoms in total. The maximum Gasteiger partial charge on any atom is 0.171 e. The molecule has 0 spiro atoms. The van der Waals surface area contributed by atoms with Crippen molar-refractivity contribution in [1.29, 1.82) is 0 Å². The van der Waals surface area contributed by atoms with Crippen molar-refractivity contribution in [3.8, 4) is 0 Å². The van der Waals surface area contributed by atoms with E-state index in [4.69, 9.17) is 0 Å². The summed E-state index contributed by atoms with van der Waals surface area (Å²) < 4.78 is 0. The average molecular weight is 281 g/mol. The summed E-state index contributed by atoms with van der Waals surface area (Å²) in [4.78, 5) is 10.9. The van der Waals surface area contributed by atoms with Gasteiger partial charge in [-0.1, -0.05) is 12.8 Å². The number of nitrogens with zero attached hydrogens (tertiary/aromatic N) is 3. The van der Waals surface area contributed by atoms with E-state index < -0.39 is 6.23 Å². The number of fused-ring (bicyclic) bond motifs is 4. The van der Waals surface area contributed by atoms with E-state index >= 15 is 0 Å². The number of hydrogen-bond acceptors (Lipinski definition) is 4. The van der Waals surface area contributed by atoms with Gasteiger partial charge in [0, 0.05) is 41.0 Å². The van der Waals surface area contributed by atoms with E-state index in [-0.39, 0.29) is 0 Å². The van der Waals surface area contributed by atoms with Crippen LogP contribution in [0, 0.1) is 0 Å². The lowest BCUT2D eigenvalue weighted by atomic mass is 9.92. The maximum atomic E-state index is 10.5. The zero-order valence-electron chi connectivity index (χ0n) is 12.0. The van der Waals surface area contributed by atoms with Gasteiger partial charge in [-0.25, -0.2) is 4.99 Å². The SMILES string of the molecule is OC1N=C2c3ccncc3C=CN2C2=C1CCCCCC2. The fraction of sp³-hybridized carbons (Fsp3) is 0.412. The van der Waals surface area contributed by atoms with E-state index in [1.807, 2.05) is 12.3 Å². The first kappa shape index (κ1) is 12.8. The molecule has 0 bridgehead atoms. The largest absolute Gasteiger partial charge is 0.368 e. The second-order valence-corrected chi connectivity index (χ2v) is 5.86.